The molecule has 128 valence electrons. The largest absolute Gasteiger partial charge is 0.377 e. The standard InChI is InChI=1S/C12H14N6O6/c13-16-15-10-4-2-8(24-12(10)19)6-14-9-3-1-7(17(20)21)5-11(9)18(22)23/h1,3,5,8,10,12,14,19H,2,4,6H2/t8-,10-,12-/m0/s1. The minimum absolute atomic E-state index is 0.112. The van der Waals surface area contributed by atoms with Crippen molar-refractivity contribution in [3.05, 3.63) is 48.9 Å². The smallest absolute Gasteiger partial charge is 0.299 e. The number of nitrogens with one attached hydrogen (secondary N) is 1. The fraction of sp³-hybridized carbons (Fsp3) is 0.500. The van der Waals surface area contributed by atoms with E-state index in [0.29, 0.717) is 12.8 Å². The quantitative estimate of drug-likeness (QED) is 0.262. The maximum absolute atomic E-state index is 11.0. The lowest BCUT2D eigenvalue weighted by atomic mass is 10.0. The minimum atomic E-state index is -1.24. The predicted molar refractivity (Wildman–Crippen MR) is 81.3 cm³/mol. The van der Waals surface area contributed by atoms with Crippen LogP contribution in [0, 0.1) is 20.2 Å². The molecule has 1 aromatic rings. The number of non-ortho nitro benzene ring substituents is 1. The van der Waals surface area contributed by atoms with Gasteiger partial charge in [-0.05, 0) is 24.4 Å². The Kier molecular flexibility index (Phi) is 5.47. The van der Waals surface area contributed by atoms with E-state index in [0.717, 1.165) is 12.1 Å². The maximum atomic E-state index is 11.0. The van der Waals surface area contributed by atoms with Crippen molar-refractivity contribution in [2.75, 3.05) is 11.9 Å². The summed E-state index contributed by atoms with van der Waals surface area (Å²) in [5, 5.41) is 37.6. The Balaban J connectivity index is 2.03. The van der Waals surface area contributed by atoms with Crippen LogP contribution in [-0.2, 0) is 4.74 Å². The number of nitro groups is 2. The van der Waals surface area contributed by atoms with E-state index in [2.05, 4.69) is 15.3 Å². The van der Waals surface area contributed by atoms with Crippen molar-refractivity contribution in [1.29, 1.82) is 0 Å². The van der Waals surface area contributed by atoms with Crippen molar-refractivity contribution in [3.8, 4) is 0 Å². The molecule has 0 radical (unpaired) electrons. The van der Waals surface area contributed by atoms with Crippen molar-refractivity contribution in [3.63, 3.8) is 0 Å². The second-order valence-corrected chi connectivity index (χ2v) is 5.09. The summed E-state index contributed by atoms with van der Waals surface area (Å²) in [6, 6.07) is 2.61. The molecule has 12 nitrogen and oxygen atoms in total. The molecular formula is C12H14N6O6. The van der Waals surface area contributed by atoms with Crippen LogP contribution in [0.3, 0.4) is 0 Å². The van der Waals surface area contributed by atoms with Gasteiger partial charge in [0.15, 0.2) is 6.29 Å². The molecule has 1 aliphatic heterocycles. The third-order valence-electron chi connectivity index (χ3n) is 3.55. The number of hydrogen-bond acceptors (Lipinski definition) is 8. The van der Waals surface area contributed by atoms with Crippen LogP contribution in [0.2, 0.25) is 0 Å². The number of hydrogen-bond donors (Lipinski definition) is 2. The van der Waals surface area contributed by atoms with E-state index in [-0.39, 0.29) is 17.9 Å². The van der Waals surface area contributed by atoms with Crippen LogP contribution in [-0.4, -0.2) is 39.9 Å². The lowest BCUT2D eigenvalue weighted by Crippen LogP contribution is -2.40. The average Bonchev–Trinajstić information content (AvgIpc) is 2.55. The van der Waals surface area contributed by atoms with E-state index in [1.165, 1.54) is 6.07 Å². The Morgan fingerprint density at radius 1 is 1.38 bits per heavy atom. The number of aliphatic hydroxyl groups excluding tert-OH is 1. The van der Waals surface area contributed by atoms with Gasteiger partial charge in [-0.2, -0.15) is 0 Å². The Labute approximate surface area is 135 Å². The molecule has 0 bridgehead atoms. The van der Waals surface area contributed by atoms with Crippen molar-refractivity contribution in [2.45, 2.75) is 31.3 Å². The van der Waals surface area contributed by atoms with Gasteiger partial charge >= 0.3 is 0 Å². The molecule has 0 amide bonds. The normalized spacial score (nSPS) is 23.1. The van der Waals surface area contributed by atoms with E-state index < -0.39 is 34.0 Å². The van der Waals surface area contributed by atoms with Crippen LogP contribution < -0.4 is 5.32 Å². The summed E-state index contributed by atoms with van der Waals surface area (Å²) in [6.07, 6.45) is -0.790. The third kappa shape index (κ3) is 4.07. The number of azide groups is 1. The van der Waals surface area contributed by atoms with Gasteiger partial charge in [0.05, 0.1) is 28.1 Å². The van der Waals surface area contributed by atoms with Crippen LogP contribution >= 0.6 is 0 Å². The molecule has 3 atom stereocenters. The summed E-state index contributed by atoms with van der Waals surface area (Å²) in [5.41, 5.74) is 7.67. The molecule has 1 aromatic carbocycles. The second-order valence-electron chi connectivity index (χ2n) is 5.09. The Hall–Kier alpha value is -2.95. The molecule has 0 aromatic heterocycles. The summed E-state index contributed by atoms with van der Waals surface area (Å²) < 4.78 is 5.29. The predicted octanol–water partition coefficient (Wildman–Crippen LogP) is 2.09. The molecular weight excluding hydrogens is 324 g/mol. The number of anilines is 1. The van der Waals surface area contributed by atoms with Crippen molar-refractivity contribution >= 4 is 17.1 Å². The summed E-state index contributed by atoms with van der Waals surface area (Å²) in [6.45, 7) is 0.151. The summed E-state index contributed by atoms with van der Waals surface area (Å²) in [7, 11) is 0. The molecule has 24 heavy (non-hydrogen) atoms. The first-order valence-corrected chi connectivity index (χ1v) is 6.96. The Morgan fingerprint density at radius 2 is 2.12 bits per heavy atom. The van der Waals surface area contributed by atoms with E-state index in [1.807, 2.05) is 0 Å². The first kappa shape index (κ1) is 17.4. The van der Waals surface area contributed by atoms with Crippen LogP contribution in [0.1, 0.15) is 12.8 Å². The van der Waals surface area contributed by atoms with Crippen molar-refractivity contribution < 1.29 is 19.7 Å². The summed E-state index contributed by atoms with van der Waals surface area (Å²) in [5.74, 6) is 0. The van der Waals surface area contributed by atoms with Crippen LogP contribution in [0.25, 0.3) is 10.4 Å². The molecule has 1 aliphatic rings. The van der Waals surface area contributed by atoms with Crippen molar-refractivity contribution in [1.82, 2.24) is 0 Å². The summed E-state index contributed by atoms with van der Waals surface area (Å²) in [4.78, 5) is 22.9. The highest BCUT2D eigenvalue weighted by atomic mass is 16.6. The third-order valence-corrected chi connectivity index (χ3v) is 3.55. The first-order valence-electron chi connectivity index (χ1n) is 6.96. The molecule has 2 N–H and O–H groups in total. The fourth-order valence-corrected chi connectivity index (χ4v) is 2.34. The van der Waals surface area contributed by atoms with E-state index in [9.17, 15) is 25.3 Å². The molecule has 1 saturated heterocycles. The molecule has 2 rings (SSSR count). The van der Waals surface area contributed by atoms with E-state index >= 15 is 0 Å². The Morgan fingerprint density at radius 3 is 2.71 bits per heavy atom. The van der Waals surface area contributed by atoms with Gasteiger partial charge in [0.25, 0.3) is 11.4 Å². The highest BCUT2D eigenvalue weighted by Crippen LogP contribution is 2.29. The van der Waals surface area contributed by atoms with Gasteiger partial charge in [-0.3, -0.25) is 20.2 Å². The maximum Gasteiger partial charge on any atom is 0.299 e. The number of nitro benzene ring substituents is 2. The molecule has 1 fully saturated rings. The molecule has 0 saturated carbocycles. The SMILES string of the molecule is [N-]=[N+]=N[C@H]1CC[C@@H](CNc2ccc([N+](=O)[O-])cc2[N+](=O)[O-])O[C@@H]1O. The zero-order valence-corrected chi connectivity index (χ0v) is 12.3. The fourth-order valence-electron chi connectivity index (χ4n) is 2.34. The molecule has 0 spiro atoms. The van der Waals surface area contributed by atoms with Gasteiger partial charge in [0, 0.05) is 17.5 Å². The zero-order valence-electron chi connectivity index (χ0n) is 12.3. The van der Waals surface area contributed by atoms with E-state index in [1.54, 1.807) is 0 Å². The first-order chi connectivity index (χ1) is 11.4. The number of rotatable bonds is 6. The minimum Gasteiger partial charge on any atom is -0.377 e. The van der Waals surface area contributed by atoms with Crippen LogP contribution in [0.5, 0.6) is 0 Å². The lowest BCUT2D eigenvalue weighted by molar-refractivity contribution is -0.393. The topological polar surface area (TPSA) is 177 Å². The summed E-state index contributed by atoms with van der Waals surface area (Å²) >= 11 is 0. The average molecular weight is 338 g/mol. The van der Waals surface area contributed by atoms with Gasteiger partial charge in [-0.15, -0.1) is 0 Å². The molecule has 1 heterocycles. The van der Waals surface area contributed by atoms with Crippen LogP contribution in [0.4, 0.5) is 17.1 Å². The number of nitrogens with zero attached hydrogens (tertiary/aromatic N) is 5. The molecule has 12 heteroatoms. The number of aliphatic hydroxyl groups is 1. The van der Waals surface area contributed by atoms with E-state index in [4.69, 9.17) is 10.3 Å². The van der Waals surface area contributed by atoms with Gasteiger partial charge < -0.3 is 15.2 Å². The van der Waals surface area contributed by atoms with Crippen LogP contribution in [0.15, 0.2) is 23.3 Å². The molecule has 0 unspecified atom stereocenters. The number of benzene rings is 1. The van der Waals surface area contributed by atoms with Crippen molar-refractivity contribution in [2.24, 2.45) is 5.11 Å². The van der Waals surface area contributed by atoms with Gasteiger partial charge in [-0.1, -0.05) is 5.11 Å². The molecule has 0 aliphatic carbocycles. The Bertz CT molecular complexity index is 691. The van der Waals surface area contributed by atoms with Gasteiger partial charge in [0.1, 0.15) is 5.69 Å². The number of ether oxygens (including phenoxy) is 1. The second kappa shape index (κ2) is 7.55. The lowest BCUT2D eigenvalue weighted by Gasteiger charge is -2.31. The monoisotopic (exact) mass is 338 g/mol. The highest BCUT2D eigenvalue weighted by molar-refractivity contribution is 5.65. The van der Waals surface area contributed by atoms with Gasteiger partial charge in [0.2, 0.25) is 0 Å². The van der Waals surface area contributed by atoms with Gasteiger partial charge in [-0.25, -0.2) is 0 Å². The zero-order chi connectivity index (χ0) is 17.7. The highest BCUT2D eigenvalue weighted by Gasteiger charge is 2.29.